The third-order valence-corrected chi connectivity index (χ3v) is 12.6. The molecule has 0 radical (unpaired) electrons. The number of methoxy groups -OCH3 is 1. The van der Waals surface area contributed by atoms with Crippen molar-refractivity contribution in [2.24, 2.45) is 34.2 Å². The third-order valence-electron chi connectivity index (χ3n) is 12.6. The molecular weight excluding hydrogens is 973 g/mol. The van der Waals surface area contributed by atoms with Crippen LogP contribution in [0.15, 0.2) is 95.7 Å². The summed E-state index contributed by atoms with van der Waals surface area (Å²) in [6, 6.07) is 6.19. The lowest BCUT2D eigenvalue weighted by Crippen LogP contribution is -2.59. The van der Waals surface area contributed by atoms with Crippen LogP contribution in [0.4, 0.5) is 0 Å². The fourth-order valence-electron chi connectivity index (χ4n) is 7.83. The molecule has 0 bridgehead atoms. The Hall–Kier alpha value is -8.08. The first-order chi connectivity index (χ1) is 35.3. The standard InChI is InChI=1S/C52H72N10O13/c1-28(25-29(2)41(75-8)27-34-13-10-9-11-14-34)16-21-37-30(3)44(65)59-39(50(71)72)22-23-42(64)62(7)33(6)47(68)56-32(5)46(67)58-38(15-12-24-55-52(53)54)48(69)61-43(51(73)74)31(4)45(66)60-40(49(70)57-37)26-35-17-19-36(63)20-18-35/h9-11,13-14,16-21,25,29-32,37-41,43,63H,6,12,15,22-24,26-27H2,1-5,7-8H3,(H,56,68)(H,57,70)(H,58,67)(H,59,65)(H,60,66)(H,61,69)(H,71,72)(H,73,74)(H4,53,54,55). The molecule has 2 aromatic rings. The number of hydrogen-bond donors (Lipinski definition) is 11. The number of ether oxygens (including phenoxy) is 1. The molecule has 23 heteroatoms. The molecule has 0 aromatic heterocycles. The SMILES string of the molecule is C=C1C(=O)NC(C)C(=O)NC(CCCN=C(N)N)C(=O)NC(C(=O)O)C(C)C(=O)NC(Cc2ccc(O)cc2)C(=O)NC(C=CC(C)=CC(C)C(Cc2ccccc2)OC)C(C)C(=O)NC(C(=O)O)CCC(=O)N1C. The topological polar surface area (TPSA) is 363 Å². The van der Waals surface area contributed by atoms with Gasteiger partial charge in [0.05, 0.1) is 24.0 Å². The highest BCUT2D eigenvalue weighted by atomic mass is 16.5. The van der Waals surface area contributed by atoms with Crippen LogP contribution in [0.2, 0.25) is 0 Å². The number of nitrogens with zero attached hydrogens (tertiary/aromatic N) is 2. The number of carboxylic acids is 2. The van der Waals surface area contributed by atoms with Gasteiger partial charge in [-0.3, -0.25) is 38.6 Å². The van der Waals surface area contributed by atoms with E-state index in [0.717, 1.165) is 10.5 Å². The van der Waals surface area contributed by atoms with Crippen molar-refractivity contribution in [1.29, 1.82) is 0 Å². The van der Waals surface area contributed by atoms with E-state index in [1.165, 1.54) is 58.2 Å². The van der Waals surface area contributed by atoms with Gasteiger partial charge in [0.15, 0.2) is 5.96 Å². The minimum Gasteiger partial charge on any atom is -0.508 e. The van der Waals surface area contributed by atoms with E-state index in [9.17, 15) is 58.5 Å². The molecule has 2 aromatic carbocycles. The normalized spacial score (nSPS) is 24.5. The molecule has 1 fully saturated rings. The lowest BCUT2D eigenvalue weighted by Gasteiger charge is -2.28. The summed E-state index contributed by atoms with van der Waals surface area (Å²) in [6.45, 7) is 11.3. The largest absolute Gasteiger partial charge is 0.508 e. The zero-order valence-corrected chi connectivity index (χ0v) is 43.3. The van der Waals surface area contributed by atoms with Crippen LogP contribution in [0.3, 0.4) is 0 Å². The highest BCUT2D eigenvalue weighted by Crippen LogP contribution is 2.19. The number of aromatic hydroxyl groups is 1. The number of guanidine groups is 1. The fraction of sp³-hybridized carbons (Fsp3) is 0.462. The Kier molecular flexibility index (Phi) is 24.1. The van der Waals surface area contributed by atoms with E-state index >= 15 is 0 Å². The molecule has 10 unspecified atom stereocenters. The van der Waals surface area contributed by atoms with Crippen LogP contribution < -0.4 is 43.4 Å². The van der Waals surface area contributed by atoms with E-state index < -0.39 is 120 Å². The summed E-state index contributed by atoms with van der Waals surface area (Å²) in [5, 5.41) is 45.6. The van der Waals surface area contributed by atoms with Crippen molar-refractivity contribution in [3.05, 3.63) is 102 Å². The van der Waals surface area contributed by atoms with E-state index in [4.69, 9.17) is 16.2 Å². The van der Waals surface area contributed by atoms with Gasteiger partial charge >= 0.3 is 11.9 Å². The van der Waals surface area contributed by atoms with Crippen LogP contribution in [0.25, 0.3) is 0 Å². The van der Waals surface area contributed by atoms with Crippen LogP contribution in [0.1, 0.15) is 71.4 Å². The fourth-order valence-corrected chi connectivity index (χ4v) is 7.83. The third kappa shape index (κ3) is 19.7. The number of allylic oxidation sites excluding steroid dienone is 2. The molecule has 0 aliphatic carbocycles. The number of aliphatic carboxylic acids is 2. The molecule has 7 amide bonds. The van der Waals surface area contributed by atoms with Crippen LogP contribution >= 0.6 is 0 Å². The quantitative estimate of drug-likeness (QED) is 0.0381. The Morgan fingerprint density at radius 2 is 1.43 bits per heavy atom. The van der Waals surface area contributed by atoms with Crippen molar-refractivity contribution < 1.29 is 63.2 Å². The van der Waals surface area contributed by atoms with Gasteiger partial charge in [0.1, 0.15) is 41.7 Å². The van der Waals surface area contributed by atoms with E-state index in [1.54, 1.807) is 20.1 Å². The number of carboxylic acid groups (broad SMARTS) is 2. The predicted molar refractivity (Wildman–Crippen MR) is 277 cm³/mol. The number of phenolic OH excluding ortho intramolecular Hbond substituents is 1. The van der Waals surface area contributed by atoms with Crippen LogP contribution in [0, 0.1) is 17.8 Å². The first-order valence-corrected chi connectivity index (χ1v) is 24.3. The van der Waals surface area contributed by atoms with Crippen molar-refractivity contribution in [2.75, 3.05) is 20.7 Å². The van der Waals surface area contributed by atoms with Gasteiger partial charge in [-0.1, -0.05) is 93.6 Å². The summed E-state index contributed by atoms with van der Waals surface area (Å²) in [5.41, 5.74) is 12.6. The molecule has 13 N–H and O–H groups in total. The zero-order valence-electron chi connectivity index (χ0n) is 43.3. The molecule has 1 aliphatic heterocycles. The molecule has 0 saturated carbocycles. The number of likely N-dealkylation sites (N-methyl/N-ethyl adjacent to an activating group) is 1. The van der Waals surface area contributed by atoms with Gasteiger partial charge in [-0.15, -0.1) is 0 Å². The molecular formula is C52H72N10O13. The Labute approximate surface area is 436 Å². The van der Waals surface area contributed by atoms with Gasteiger partial charge in [-0.05, 0) is 62.8 Å². The van der Waals surface area contributed by atoms with E-state index in [2.05, 4.69) is 43.5 Å². The van der Waals surface area contributed by atoms with Gasteiger partial charge in [-0.25, -0.2) is 9.59 Å². The number of carbonyl (C=O) groups is 9. The van der Waals surface area contributed by atoms with Crippen molar-refractivity contribution in [2.45, 2.75) is 115 Å². The summed E-state index contributed by atoms with van der Waals surface area (Å²) >= 11 is 0. The number of amides is 7. The minimum absolute atomic E-state index is 0.00746. The summed E-state index contributed by atoms with van der Waals surface area (Å²) in [6.07, 6.45) is 4.18. The van der Waals surface area contributed by atoms with Crippen LogP contribution in [-0.2, 0) is 60.7 Å². The van der Waals surface area contributed by atoms with Crippen LogP contribution in [0.5, 0.6) is 5.75 Å². The maximum atomic E-state index is 14.6. The minimum atomic E-state index is -1.96. The lowest BCUT2D eigenvalue weighted by molar-refractivity contribution is -0.146. The molecule has 1 aliphatic rings. The Morgan fingerprint density at radius 1 is 0.813 bits per heavy atom. The van der Waals surface area contributed by atoms with Gasteiger partial charge in [0.25, 0.3) is 5.91 Å². The second-order valence-corrected chi connectivity index (χ2v) is 18.5. The second-order valence-electron chi connectivity index (χ2n) is 18.5. The number of nitrogens with one attached hydrogen (secondary N) is 6. The van der Waals surface area contributed by atoms with Crippen molar-refractivity contribution in [3.8, 4) is 5.75 Å². The molecule has 408 valence electrons. The molecule has 1 saturated heterocycles. The molecule has 75 heavy (non-hydrogen) atoms. The smallest absolute Gasteiger partial charge is 0.327 e. The number of benzene rings is 2. The average Bonchev–Trinajstić information content (AvgIpc) is 3.36. The van der Waals surface area contributed by atoms with Crippen molar-refractivity contribution in [1.82, 2.24) is 36.8 Å². The number of nitrogens with two attached hydrogens (primary N) is 2. The van der Waals surface area contributed by atoms with Gasteiger partial charge in [-0.2, -0.15) is 0 Å². The maximum Gasteiger partial charge on any atom is 0.327 e. The van der Waals surface area contributed by atoms with E-state index in [-0.39, 0.29) is 49.5 Å². The molecule has 10 atom stereocenters. The number of carbonyl (C=O) groups excluding carboxylic acids is 7. The number of aliphatic imine (C=N–C) groups is 1. The van der Waals surface area contributed by atoms with Crippen molar-refractivity contribution >= 4 is 59.2 Å². The predicted octanol–water partition coefficient (Wildman–Crippen LogP) is 0.521. The first kappa shape index (κ1) is 61.2. The summed E-state index contributed by atoms with van der Waals surface area (Å²) in [5.74, 6) is -13.0. The van der Waals surface area contributed by atoms with Crippen LogP contribution in [-0.4, -0.2) is 143 Å². The zero-order chi connectivity index (χ0) is 56.1. The highest BCUT2D eigenvalue weighted by molar-refractivity contribution is 6.00. The maximum absolute atomic E-state index is 14.6. The molecule has 3 rings (SSSR count). The number of phenols is 1. The average molecular weight is 1050 g/mol. The van der Waals surface area contributed by atoms with Gasteiger partial charge in [0.2, 0.25) is 35.4 Å². The molecule has 0 spiro atoms. The lowest BCUT2D eigenvalue weighted by atomic mass is 9.94. The highest BCUT2D eigenvalue weighted by Gasteiger charge is 2.37. The van der Waals surface area contributed by atoms with E-state index in [0.29, 0.717) is 17.6 Å². The summed E-state index contributed by atoms with van der Waals surface area (Å²) < 4.78 is 5.82. The monoisotopic (exact) mass is 1040 g/mol. The Morgan fingerprint density at radius 3 is 2.03 bits per heavy atom. The van der Waals surface area contributed by atoms with Crippen molar-refractivity contribution in [3.63, 3.8) is 0 Å². The summed E-state index contributed by atoms with van der Waals surface area (Å²) in [7, 11) is 2.80. The second kappa shape index (κ2) is 29.6. The molecule has 1 heterocycles. The Balaban J connectivity index is 2.16. The molecule has 23 nitrogen and oxygen atoms in total. The first-order valence-electron chi connectivity index (χ1n) is 24.3. The Bertz CT molecular complexity index is 2460. The number of hydrogen-bond acceptors (Lipinski definition) is 12. The number of rotatable bonds is 15. The van der Waals surface area contributed by atoms with Gasteiger partial charge in [0, 0.05) is 39.5 Å². The van der Waals surface area contributed by atoms with E-state index in [1.807, 2.05) is 43.3 Å². The summed E-state index contributed by atoms with van der Waals surface area (Å²) in [4.78, 5) is 127. The van der Waals surface area contributed by atoms with Gasteiger partial charge < -0.3 is 68.3 Å².